The second-order valence-electron chi connectivity index (χ2n) is 6.96. The van der Waals surface area contributed by atoms with Crippen LogP contribution in [0.4, 0.5) is 15.0 Å². The molecule has 2 aromatic rings. The number of piperazine rings is 1. The standard InChI is InChI=1S/C18H20BrFN4O2S/c1-3-27-17-21-15-13(9(2)6-12(19)14(15)20)16(22-17)23-7-10-4-5-11(8-23)24(10)18(25)26/h6,10-11H,3-5,7-8H2,1-2H3,(H,25,26). The van der Waals surface area contributed by atoms with E-state index in [9.17, 15) is 14.3 Å². The number of benzene rings is 1. The molecule has 0 spiro atoms. The zero-order chi connectivity index (χ0) is 19.3. The van der Waals surface area contributed by atoms with Gasteiger partial charge in [-0.25, -0.2) is 19.2 Å². The molecular formula is C18H20BrFN4O2S. The summed E-state index contributed by atoms with van der Waals surface area (Å²) in [4.78, 5) is 24.5. The van der Waals surface area contributed by atoms with Crippen molar-refractivity contribution in [1.82, 2.24) is 14.9 Å². The molecule has 0 radical (unpaired) electrons. The third-order valence-electron chi connectivity index (χ3n) is 5.30. The smallest absolute Gasteiger partial charge is 0.407 e. The Bertz CT molecular complexity index is 914. The molecule has 1 N–H and O–H groups in total. The van der Waals surface area contributed by atoms with Gasteiger partial charge in [0.25, 0.3) is 0 Å². The molecule has 2 bridgehead atoms. The molecule has 2 aliphatic heterocycles. The Morgan fingerprint density at radius 3 is 2.63 bits per heavy atom. The van der Waals surface area contributed by atoms with Gasteiger partial charge in [0.1, 0.15) is 11.3 Å². The number of carbonyl (C=O) groups is 1. The van der Waals surface area contributed by atoms with Gasteiger partial charge in [-0.1, -0.05) is 18.7 Å². The third-order valence-corrected chi connectivity index (χ3v) is 6.61. The van der Waals surface area contributed by atoms with E-state index < -0.39 is 6.09 Å². The highest BCUT2D eigenvalue weighted by atomic mass is 79.9. The molecule has 1 amide bonds. The number of halogens is 2. The summed E-state index contributed by atoms with van der Waals surface area (Å²) in [6.45, 7) is 5.07. The Kier molecular flexibility index (Phi) is 4.92. The van der Waals surface area contributed by atoms with E-state index in [2.05, 4.69) is 25.8 Å². The topological polar surface area (TPSA) is 69.6 Å². The first-order valence-electron chi connectivity index (χ1n) is 8.96. The maximum absolute atomic E-state index is 14.8. The largest absolute Gasteiger partial charge is 0.465 e. The van der Waals surface area contributed by atoms with Crippen molar-refractivity contribution in [3.05, 3.63) is 21.9 Å². The number of amides is 1. The van der Waals surface area contributed by atoms with Gasteiger partial charge in [-0.2, -0.15) is 0 Å². The molecule has 4 rings (SSSR count). The van der Waals surface area contributed by atoms with E-state index in [1.165, 1.54) is 11.8 Å². The van der Waals surface area contributed by atoms with Gasteiger partial charge in [-0.15, -0.1) is 0 Å². The van der Waals surface area contributed by atoms with E-state index in [0.717, 1.165) is 24.2 Å². The van der Waals surface area contributed by atoms with E-state index >= 15 is 0 Å². The quantitative estimate of drug-likeness (QED) is 0.551. The molecule has 0 saturated carbocycles. The minimum Gasteiger partial charge on any atom is -0.465 e. The van der Waals surface area contributed by atoms with E-state index in [4.69, 9.17) is 4.98 Å². The zero-order valence-corrected chi connectivity index (χ0v) is 17.5. The second-order valence-corrected chi connectivity index (χ2v) is 9.04. The normalized spacial score (nSPS) is 21.9. The van der Waals surface area contributed by atoms with Crippen LogP contribution in [-0.4, -0.2) is 57.0 Å². The summed E-state index contributed by atoms with van der Waals surface area (Å²) >= 11 is 4.75. The molecule has 2 aliphatic rings. The predicted octanol–water partition coefficient (Wildman–Crippen LogP) is 4.28. The molecule has 27 heavy (non-hydrogen) atoms. The molecule has 2 unspecified atom stereocenters. The number of thioether (sulfide) groups is 1. The Labute approximate surface area is 169 Å². The van der Waals surface area contributed by atoms with E-state index in [1.807, 2.05) is 13.8 Å². The summed E-state index contributed by atoms with van der Waals surface area (Å²) in [5.74, 6) is 1.11. The fourth-order valence-electron chi connectivity index (χ4n) is 4.20. The lowest BCUT2D eigenvalue weighted by molar-refractivity contribution is 0.114. The van der Waals surface area contributed by atoms with Crippen LogP contribution in [0.25, 0.3) is 10.9 Å². The molecule has 3 heterocycles. The second kappa shape index (κ2) is 7.09. The summed E-state index contributed by atoms with van der Waals surface area (Å²) in [6, 6.07) is 1.66. The minimum atomic E-state index is -0.858. The van der Waals surface area contributed by atoms with Gasteiger partial charge in [0.15, 0.2) is 11.0 Å². The van der Waals surface area contributed by atoms with Gasteiger partial charge in [-0.3, -0.25) is 4.90 Å². The monoisotopic (exact) mass is 454 g/mol. The highest BCUT2D eigenvalue weighted by Gasteiger charge is 2.43. The van der Waals surface area contributed by atoms with E-state index in [0.29, 0.717) is 39.4 Å². The van der Waals surface area contributed by atoms with E-state index in [-0.39, 0.29) is 17.9 Å². The van der Waals surface area contributed by atoms with E-state index in [1.54, 1.807) is 11.0 Å². The lowest BCUT2D eigenvalue weighted by Crippen LogP contribution is -2.55. The number of rotatable bonds is 3. The van der Waals surface area contributed by atoms with Crippen LogP contribution in [-0.2, 0) is 0 Å². The van der Waals surface area contributed by atoms with Crippen molar-refractivity contribution in [2.24, 2.45) is 0 Å². The van der Waals surface area contributed by atoms with Crippen LogP contribution in [0.3, 0.4) is 0 Å². The highest BCUT2D eigenvalue weighted by Crippen LogP contribution is 2.38. The van der Waals surface area contributed by atoms with Crippen LogP contribution in [0, 0.1) is 12.7 Å². The first kappa shape index (κ1) is 18.7. The molecule has 1 aromatic carbocycles. The van der Waals surface area contributed by atoms with Crippen LogP contribution in [0.1, 0.15) is 25.3 Å². The first-order chi connectivity index (χ1) is 12.9. The number of hydrogen-bond donors (Lipinski definition) is 1. The third kappa shape index (κ3) is 3.14. The fraction of sp³-hybridized carbons (Fsp3) is 0.500. The van der Waals surface area contributed by atoms with Crippen molar-refractivity contribution < 1.29 is 14.3 Å². The average molecular weight is 455 g/mol. The Balaban J connectivity index is 1.84. The van der Waals surface area contributed by atoms with Gasteiger partial charge >= 0.3 is 6.09 Å². The maximum atomic E-state index is 14.8. The number of carboxylic acid groups (broad SMARTS) is 1. The lowest BCUT2D eigenvalue weighted by Gasteiger charge is -2.40. The first-order valence-corrected chi connectivity index (χ1v) is 10.7. The fourth-order valence-corrected chi connectivity index (χ4v) is 5.30. The number of fused-ring (bicyclic) bond motifs is 3. The van der Waals surface area contributed by atoms with Crippen molar-refractivity contribution in [2.75, 3.05) is 23.7 Å². The Morgan fingerprint density at radius 2 is 2.04 bits per heavy atom. The summed E-state index contributed by atoms with van der Waals surface area (Å²) in [6.07, 6.45) is 0.848. The molecule has 1 aromatic heterocycles. The van der Waals surface area contributed by atoms with Crippen LogP contribution in [0.2, 0.25) is 0 Å². The van der Waals surface area contributed by atoms with Crippen molar-refractivity contribution in [3.63, 3.8) is 0 Å². The van der Waals surface area contributed by atoms with Crippen molar-refractivity contribution in [2.45, 2.75) is 43.9 Å². The molecule has 9 heteroatoms. The zero-order valence-electron chi connectivity index (χ0n) is 15.1. The van der Waals surface area contributed by atoms with Gasteiger partial charge in [0.2, 0.25) is 0 Å². The Morgan fingerprint density at radius 1 is 1.37 bits per heavy atom. The molecule has 144 valence electrons. The van der Waals surface area contributed by atoms with Gasteiger partial charge in [-0.05, 0) is 53.1 Å². The highest BCUT2D eigenvalue weighted by molar-refractivity contribution is 9.10. The van der Waals surface area contributed by atoms with Gasteiger partial charge in [0, 0.05) is 18.5 Å². The molecular weight excluding hydrogens is 435 g/mol. The number of nitrogens with zero attached hydrogens (tertiary/aromatic N) is 4. The minimum absolute atomic E-state index is 0.0471. The van der Waals surface area contributed by atoms with Gasteiger partial charge < -0.3 is 10.0 Å². The van der Waals surface area contributed by atoms with Crippen molar-refractivity contribution in [1.29, 1.82) is 0 Å². The van der Waals surface area contributed by atoms with Gasteiger partial charge in [0.05, 0.1) is 16.6 Å². The number of aromatic nitrogens is 2. The number of hydrogen-bond acceptors (Lipinski definition) is 5. The number of aryl methyl sites for hydroxylation is 1. The van der Waals surface area contributed by atoms with Crippen LogP contribution < -0.4 is 4.90 Å². The molecule has 2 atom stereocenters. The summed E-state index contributed by atoms with van der Waals surface area (Å²) in [5, 5.41) is 10.7. The predicted molar refractivity (Wildman–Crippen MR) is 107 cm³/mol. The molecule has 2 fully saturated rings. The summed E-state index contributed by atoms with van der Waals surface area (Å²) in [7, 11) is 0. The lowest BCUT2D eigenvalue weighted by atomic mass is 10.1. The maximum Gasteiger partial charge on any atom is 0.407 e. The molecule has 2 saturated heterocycles. The average Bonchev–Trinajstić information content (AvgIpc) is 2.90. The molecule has 0 aliphatic carbocycles. The summed E-state index contributed by atoms with van der Waals surface area (Å²) < 4.78 is 15.2. The van der Waals surface area contributed by atoms with Crippen LogP contribution in [0.15, 0.2) is 15.7 Å². The SMILES string of the molecule is CCSc1nc(N2CC3CCC(C2)N3C(=O)O)c2c(C)cc(Br)c(F)c2n1. The van der Waals surface area contributed by atoms with Crippen molar-refractivity contribution >= 4 is 50.5 Å². The van der Waals surface area contributed by atoms with Crippen LogP contribution in [0.5, 0.6) is 0 Å². The molecule has 6 nitrogen and oxygen atoms in total. The summed E-state index contributed by atoms with van der Waals surface area (Å²) in [5.41, 5.74) is 1.21. The Hall–Kier alpha value is -1.61. The number of anilines is 1. The van der Waals surface area contributed by atoms with Crippen molar-refractivity contribution in [3.8, 4) is 0 Å². The van der Waals surface area contributed by atoms with Crippen LogP contribution >= 0.6 is 27.7 Å².